The average molecular weight is 300 g/mol. The molecule has 0 aliphatic carbocycles. The van der Waals surface area contributed by atoms with Crippen molar-refractivity contribution in [3.63, 3.8) is 0 Å². The minimum atomic E-state index is -0.232. The standard InChI is InChI=1S/C14H24N2O3S/c1-5-19-12(17)8-11-9-20-13(16-11)15-10-14(2,3)6-7-18-4/h9H,5-8,10H2,1-4H3,(H,15,16). The lowest BCUT2D eigenvalue weighted by atomic mass is 9.90. The molecule has 1 aromatic rings. The molecule has 1 heterocycles. The summed E-state index contributed by atoms with van der Waals surface area (Å²) in [5, 5.41) is 6.05. The second kappa shape index (κ2) is 8.21. The van der Waals surface area contributed by atoms with E-state index in [1.807, 2.05) is 5.38 Å². The van der Waals surface area contributed by atoms with Gasteiger partial charge in [0.25, 0.3) is 0 Å². The summed E-state index contributed by atoms with van der Waals surface area (Å²) in [5.74, 6) is -0.232. The molecule has 0 atom stereocenters. The van der Waals surface area contributed by atoms with Crippen molar-refractivity contribution in [1.29, 1.82) is 0 Å². The number of anilines is 1. The zero-order valence-corrected chi connectivity index (χ0v) is 13.5. The zero-order chi connectivity index (χ0) is 15.0. The van der Waals surface area contributed by atoms with E-state index >= 15 is 0 Å². The van der Waals surface area contributed by atoms with Crippen LogP contribution in [0.2, 0.25) is 0 Å². The molecule has 0 saturated heterocycles. The largest absolute Gasteiger partial charge is 0.466 e. The van der Waals surface area contributed by atoms with Crippen LogP contribution in [-0.2, 0) is 20.7 Å². The van der Waals surface area contributed by atoms with Gasteiger partial charge in [0, 0.05) is 25.6 Å². The van der Waals surface area contributed by atoms with Crippen molar-refractivity contribution >= 4 is 22.4 Å². The Morgan fingerprint density at radius 2 is 2.25 bits per heavy atom. The average Bonchev–Trinajstić information content (AvgIpc) is 2.82. The maximum atomic E-state index is 11.4. The van der Waals surface area contributed by atoms with E-state index in [0.29, 0.717) is 6.61 Å². The zero-order valence-electron chi connectivity index (χ0n) is 12.7. The lowest BCUT2D eigenvalue weighted by molar-refractivity contribution is -0.142. The highest BCUT2D eigenvalue weighted by Gasteiger charge is 2.18. The van der Waals surface area contributed by atoms with Crippen LogP contribution in [0.3, 0.4) is 0 Å². The Bertz CT molecular complexity index is 418. The first-order valence-corrected chi connectivity index (χ1v) is 7.67. The molecule has 0 unspecified atom stereocenters. The van der Waals surface area contributed by atoms with E-state index in [9.17, 15) is 4.79 Å². The van der Waals surface area contributed by atoms with E-state index < -0.39 is 0 Å². The van der Waals surface area contributed by atoms with E-state index in [1.54, 1.807) is 14.0 Å². The fraction of sp³-hybridized carbons (Fsp3) is 0.714. The van der Waals surface area contributed by atoms with E-state index in [2.05, 4.69) is 24.1 Å². The van der Waals surface area contributed by atoms with Gasteiger partial charge in [0.1, 0.15) is 0 Å². The molecule has 0 fully saturated rings. The number of hydrogen-bond acceptors (Lipinski definition) is 6. The quantitative estimate of drug-likeness (QED) is 0.711. The van der Waals surface area contributed by atoms with Gasteiger partial charge in [-0.15, -0.1) is 11.3 Å². The Labute approximate surface area is 124 Å². The van der Waals surface area contributed by atoms with Crippen LogP contribution in [0.5, 0.6) is 0 Å². The summed E-state index contributed by atoms with van der Waals surface area (Å²) in [6, 6.07) is 0. The lowest BCUT2D eigenvalue weighted by Gasteiger charge is -2.24. The van der Waals surface area contributed by atoms with Gasteiger partial charge in [-0.05, 0) is 18.8 Å². The lowest BCUT2D eigenvalue weighted by Crippen LogP contribution is -2.24. The molecule has 1 N–H and O–H groups in total. The van der Waals surface area contributed by atoms with Gasteiger partial charge in [0.05, 0.1) is 18.7 Å². The van der Waals surface area contributed by atoms with Crippen molar-refractivity contribution in [3.05, 3.63) is 11.1 Å². The van der Waals surface area contributed by atoms with Crippen LogP contribution in [0.25, 0.3) is 0 Å². The molecule has 0 radical (unpaired) electrons. The summed E-state index contributed by atoms with van der Waals surface area (Å²) in [6.45, 7) is 8.15. The van der Waals surface area contributed by atoms with Gasteiger partial charge in [-0.25, -0.2) is 4.98 Å². The van der Waals surface area contributed by atoms with E-state index in [0.717, 1.165) is 30.4 Å². The molecule has 0 aromatic carbocycles. The SMILES string of the molecule is CCOC(=O)Cc1csc(NCC(C)(C)CCOC)n1. The molecule has 0 aliphatic heterocycles. The number of nitrogens with one attached hydrogen (secondary N) is 1. The summed E-state index contributed by atoms with van der Waals surface area (Å²) in [6.07, 6.45) is 1.22. The second-order valence-corrected chi connectivity index (χ2v) is 6.24. The number of rotatable bonds is 9. The van der Waals surface area contributed by atoms with Gasteiger partial charge in [-0.1, -0.05) is 13.8 Å². The van der Waals surface area contributed by atoms with E-state index in [1.165, 1.54) is 11.3 Å². The molecule has 0 spiro atoms. The van der Waals surface area contributed by atoms with Crippen LogP contribution in [0.4, 0.5) is 5.13 Å². The van der Waals surface area contributed by atoms with Crippen molar-refractivity contribution in [2.75, 3.05) is 32.2 Å². The number of thiazole rings is 1. The molecule has 0 saturated carbocycles. The maximum absolute atomic E-state index is 11.4. The summed E-state index contributed by atoms with van der Waals surface area (Å²) in [7, 11) is 1.71. The molecule has 0 bridgehead atoms. The summed E-state index contributed by atoms with van der Waals surface area (Å²) < 4.78 is 10.0. The van der Waals surface area contributed by atoms with Crippen molar-refractivity contribution in [2.45, 2.75) is 33.6 Å². The Hall–Kier alpha value is -1.14. The molecule has 0 aliphatic rings. The third kappa shape index (κ3) is 6.34. The van der Waals surface area contributed by atoms with Gasteiger partial charge in [-0.3, -0.25) is 4.79 Å². The van der Waals surface area contributed by atoms with Gasteiger partial charge in [0.15, 0.2) is 5.13 Å². The van der Waals surface area contributed by atoms with Crippen LogP contribution >= 0.6 is 11.3 Å². The van der Waals surface area contributed by atoms with Gasteiger partial charge in [-0.2, -0.15) is 0 Å². The smallest absolute Gasteiger partial charge is 0.311 e. The number of carbonyl (C=O) groups excluding carboxylic acids is 1. The highest BCUT2D eigenvalue weighted by molar-refractivity contribution is 7.13. The van der Waals surface area contributed by atoms with Crippen LogP contribution in [0, 0.1) is 5.41 Å². The third-order valence-corrected chi connectivity index (χ3v) is 3.73. The highest BCUT2D eigenvalue weighted by Crippen LogP contribution is 2.23. The van der Waals surface area contributed by atoms with Gasteiger partial charge >= 0.3 is 5.97 Å². The molecule has 1 rings (SSSR count). The van der Waals surface area contributed by atoms with E-state index in [4.69, 9.17) is 9.47 Å². The van der Waals surface area contributed by atoms with E-state index in [-0.39, 0.29) is 17.8 Å². The maximum Gasteiger partial charge on any atom is 0.311 e. The normalized spacial score (nSPS) is 11.4. The number of hydrogen-bond donors (Lipinski definition) is 1. The molecule has 20 heavy (non-hydrogen) atoms. The Balaban J connectivity index is 2.42. The van der Waals surface area contributed by atoms with Crippen molar-refractivity contribution in [2.24, 2.45) is 5.41 Å². The fourth-order valence-electron chi connectivity index (χ4n) is 1.61. The molecule has 114 valence electrons. The predicted octanol–water partition coefficient (Wildman–Crippen LogP) is 2.72. The highest BCUT2D eigenvalue weighted by atomic mass is 32.1. The third-order valence-electron chi connectivity index (χ3n) is 2.88. The Morgan fingerprint density at radius 3 is 2.90 bits per heavy atom. The number of esters is 1. The van der Waals surface area contributed by atoms with Crippen LogP contribution in [-0.4, -0.2) is 37.8 Å². The van der Waals surface area contributed by atoms with Crippen molar-refractivity contribution in [1.82, 2.24) is 4.98 Å². The first kappa shape index (κ1) is 16.9. The number of ether oxygens (including phenoxy) is 2. The topological polar surface area (TPSA) is 60.5 Å². The summed E-state index contributed by atoms with van der Waals surface area (Å²) in [5.41, 5.74) is 0.897. The molecular weight excluding hydrogens is 276 g/mol. The monoisotopic (exact) mass is 300 g/mol. The van der Waals surface area contributed by atoms with Crippen LogP contribution in [0.15, 0.2) is 5.38 Å². The van der Waals surface area contributed by atoms with Gasteiger partial charge in [0.2, 0.25) is 0 Å². The first-order valence-electron chi connectivity index (χ1n) is 6.79. The minimum absolute atomic E-state index is 0.142. The molecular formula is C14H24N2O3S. The summed E-state index contributed by atoms with van der Waals surface area (Å²) in [4.78, 5) is 15.8. The molecule has 5 nitrogen and oxygen atoms in total. The predicted molar refractivity (Wildman–Crippen MR) is 81.2 cm³/mol. The first-order chi connectivity index (χ1) is 9.46. The molecule has 1 aromatic heterocycles. The summed E-state index contributed by atoms with van der Waals surface area (Å²) >= 11 is 1.51. The van der Waals surface area contributed by atoms with Crippen molar-refractivity contribution in [3.8, 4) is 0 Å². The minimum Gasteiger partial charge on any atom is -0.466 e. The Kier molecular flexibility index (Phi) is 6.95. The van der Waals surface area contributed by atoms with Gasteiger partial charge < -0.3 is 14.8 Å². The van der Waals surface area contributed by atoms with Crippen LogP contribution in [0.1, 0.15) is 32.9 Å². The number of carbonyl (C=O) groups is 1. The van der Waals surface area contributed by atoms with Crippen molar-refractivity contribution < 1.29 is 14.3 Å². The number of nitrogens with zero attached hydrogens (tertiary/aromatic N) is 1. The Morgan fingerprint density at radius 1 is 1.50 bits per heavy atom. The molecule has 0 amide bonds. The fourth-order valence-corrected chi connectivity index (χ4v) is 2.32. The van der Waals surface area contributed by atoms with Crippen LogP contribution < -0.4 is 5.32 Å². The number of aromatic nitrogens is 1. The molecule has 6 heteroatoms. The number of methoxy groups -OCH3 is 1. The second-order valence-electron chi connectivity index (χ2n) is 5.39.